The number of ether oxygens (including phenoxy) is 1. The second-order valence-electron chi connectivity index (χ2n) is 5.92. The molecule has 0 aliphatic rings. The molecule has 4 nitrogen and oxygen atoms in total. The van der Waals surface area contributed by atoms with E-state index < -0.39 is 0 Å². The fourth-order valence-electron chi connectivity index (χ4n) is 2.88. The van der Waals surface area contributed by atoms with Crippen molar-refractivity contribution in [1.82, 2.24) is 9.97 Å². The SMILES string of the molecule is COc1cccc(CCNc2nc(-c3cccs3)nc3ccccc23)c1. The van der Waals surface area contributed by atoms with E-state index in [-0.39, 0.29) is 0 Å². The van der Waals surface area contributed by atoms with Crippen molar-refractivity contribution in [2.24, 2.45) is 0 Å². The number of thiophene rings is 1. The fourth-order valence-corrected chi connectivity index (χ4v) is 3.54. The summed E-state index contributed by atoms with van der Waals surface area (Å²) >= 11 is 1.65. The molecule has 0 saturated carbocycles. The van der Waals surface area contributed by atoms with Gasteiger partial charge in [-0.3, -0.25) is 0 Å². The van der Waals surface area contributed by atoms with Gasteiger partial charge in [-0.25, -0.2) is 9.97 Å². The highest BCUT2D eigenvalue weighted by molar-refractivity contribution is 7.13. The lowest BCUT2D eigenvalue weighted by Crippen LogP contribution is -2.08. The molecule has 2 heterocycles. The van der Waals surface area contributed by atoms with Crippen molar-refractivity contribution in [3.63, 3.8) is 0 Å². The van der Waals surface area contributed by atoms with Crippen LogP contribution in [0.1, 0.15) is 5.56 Å². The summed E-state index contributed by atoms with van der Waals surface area (Å²) in [5.74, 6) is 2.53. The zero-order valence-corrected chi connectivity index (χ0v) is 15.3. The Balaban J connectivity index is 1.58. The van der Waals surface area contributed by atoms with Crippen molar-refractivity contribution in [2.75, 3.05) is 19.0 Å². The summed E-state index contributed by atoms with van der Waals surface area (Å²) in [5.41, 5.74) is 2.18. The van der Waals surface area contributed by atoms with Crippen molar-refractivity contribution in [3.8, 4) is 16.5 Å². The summed E-state index contributed by atoms with van der Waals surface area (Å²) in [4.78, 5) is 10.6. The molecule has 5 heteroatoms. The Morgan fingerprint density at radius 1 is 1.00 bits per heavy atom. The predicted molar refractivity (Wildman–Crippen MR) is 108 cm³/mol. The van der Waals surface area contributed by atoms with Crippen molar-refractivity contribution >= 4 is 28.1 Å². The smallest absolute Gasteiger partial charge is 0.172 e. The van der Waals surface area contributed by atoms with E-state index in [4.69, 9.17) is 14.7 Å². The van der Waals surface area contributed by atoms with Crippen LogP contribution in [0.4, 0.5) is 5.82 Å². The highest BCUT2D eigenvalue weighted by Crippen LogP contribution is 2.27. The maximum Gasteiger partial charge on any atom is 0.172 e. The molecule has 0 aliphatic carbocycles. The number of para-hydroxylation sites is 1. The van der Waals surface area contributed by atoms with Gasteiger partial charge in [-0.15, -0.1) is 11.3 Å². The lowest BCUT2D eigenvalue weighted by Gasteiger charge is -2.11. The number of rotatable bonds is 6. The van der Waals surface area contributed by atoms with E-state index in [9.17, 15) is 0 Å². The molecule has 0 aliphatic heterocycles. The number of nitrogens with one attached hydrogen (secondary N) is 1. The van der Waals surface area contributed by atoms with E-state index in [0.29, 0.717) is 0 Å². The third-order valence-corrected chi connectivity index (χ3v) is 5.05. The molecular formula is C21H19N3OS. The monoisotopic (exact) mass is 361 g/mol. The molecule has 1 N–H and O–H groups in total. The quantitative estimate of drug-likeness (QED) is 0.524. The van der Waals surface area contributed by atoms with Crippen molar-refractivity contribution in [2.45, 2.75) is 6.42 Å². The van der Waals surface area contributed by atoms with E-state index >= 15 is 0 Å². The normalized spacial score (nSPS) is 10.8. The first-order valence-electron chi connectivity index (χ1n) is 8.51. The maximum atomic E-state index is 5.29. The van der Waals surface area contributed by atoms with Crippen LogP contribution in [-0.2, 0) is 6.42 Å². The van der Waals surface area contributed by atoms with Gasteiger partial charge in [0.05, 0.1) is 17.5 Å². The maximum absolute atomic E-state index is 5.29. The average Bonchev–Trinajstić information content (AvgIpc) is 3.23. The van der Waals surface area contributed by atoms with Crippen LogP contribution in [0.5, 0.6) is 5.75 Å². The Bertz CT molecular complexity index is 1010. The zero-order chi connectivity index (χ0) is 17.8. The number of aromatic nitrogens is 2. The Morgan fingerprint density at radius 3 is 2.77 bits per heavy atom. The van der Waals surface area contributed by atoms with Gasteiger partial charge in [0.2, 0.25) is 0 Å². The van der Waals surface area contributed by atoms with E-state index in [1.807, 2.05) is 41.8 Å². The molecule has 4 aromatic rings. The van der Waals surface area contributed by atoms with Crippen LogP contribution in [-0.4, -0.2) is 23.6 Å². The molecule has 2 aromatic carbocycles. The standard InChI is InChI=1S/C21H19N3OS/c1-25-16-7-4-6-15(14-16)11-12-22-20-17-8-2-3-9-18(17)23-21(24-20)19-10-5-13-26-19/h2-10,13-14H,11-12H2,1H3,(H,22,23,24). The molecule has 0 saturated heterocycles. The van der Waals surface area contributed by atoms with Gasteiger partial charge < -0.3 is 10.1 Å². The van der Waals surface area contributed by atoms with Crippen LogP contribution in [0.25, 0.3) is 21.6 Å². The van der Waals surface area contributed by atoms with Crippen molar-refractivity contribution < 1.29 is 4.74 Å². The predicted octanol–water partition coefficient (Wildman–Crippen LogP) is 5.02. The zero-order valence-electron chi connectivity index (χ0n) is 14.5. The molecule has 4 rings (SSSR count). The van der Waals surface area contributed by atoms with Crippen LogP contribution in [0.15, 0.2) is 66.0 Å². The molecule has 26 heavy (non-hydrogen) atoms. The van der Waals surface area contributed by atoms with Gasteiger partial charge in [0.1, 0.15) is 11.6 Å². The lowest BCUT2D eigenvalue weighted by atomic mass is 10.1. The molecular weight excluding hydrogens is 342 g/mol. The highest BCUT2D eigenvalue weighted by Gasteiger charge is 2.09. The Labute approximate surface area is 156 Å². The Morgan fingerprint density at radius 2 is 1.92 bits per heavy atom. The van der Waals surface area contributed by atoms with Crippen LogP contribution in [0.3, 0.4) is 0 Å². The third kappa shape index (κ3) is 3.53. The second kappa shape index (κ2) is 7.54. The Hall–Kier alpha value is -2.92. The van der Waals surface area contributed by atoms with Gasteiger partial charge in [-0.05, 0) is 47.7 Å². The van der Waals surface area contributed by atoms with Gasteiger partial charge in [0.15, 0.2) is 5.82 Å². The molecule has 0 fully saturated rings. The molecule has 130 valence electrons. The minimum atomic E-state index is 0.766. The summed E-state index contributed by atoms with van der Waals surface area (Å²) in [5, 5.41) is 6.57. The molecule has 2 aromatic heterocycles. The largest absolute Gasteiger partial charge is 0.497 e. The number of fused-ring (bicyclic) bond motifs is 1. The van der Waals surface area contributed by atoms with Gasteiger partial charge in [-0.2, -0.15) is 0 Å². The van der Waals surface area contributed by atoms with Gasteiger partial charge in [0.25, 0.3) is 0 Å². The van der Waals surface area contributed by atoms with E-state index in [1.54, 1.807) is 18.4 Å². The van der Waals surface area contributed by atoms with Gasteiger partial charge in [0, 0.05) is 11.9 Å². The van der Waals surface area contributed by atoms with Crippen LogP contribution < -0.4 is 10.1 Å². The highest BCUT2D eigenvalue weighted by atomic mass is 32.1. The van der Waals surface area contributed by atoms with Crippen molar-refractivity contribution in [1.29, 1.82) is 0 Å². The van der Waals surface area contributed by atoms with E-state index in [0.717, 1.165) is 46.1 Å². The van der Waals surface area contributed by atoms with Crippen molar-refractivity contribution in [3.05, 3.63) is 71.6 Å². The summed E-state index contributed by atoms with van der Waals surface area (Å²) in [6.45, 7) is 0.790. The fraction of sp³-hybridized carbons (Fsp3) is 0.143. The lowest BCUT2D eigenvalue weighted by molar-refractivity contribution is 0.414. The van der Waals surface area contributed by atoms with E-state index in [1.165, 1.54) is 5.56 Å². The first-order valence-corrected chi connectivity index (χ1v) is 9.39. The third-order valence-electron chi connectivity index (χ3n) is 4.19. The minimum absolute atomic E-state index is 0.766. The van der Waals surface area contributed by atoms with E-state index in [2.05, 4.69) is 29.6 Å². The van der Waals surface area contributed by atoms with Gasteiger partial charge in [-0.1, -0.05) is 30.3 Å². The molecule has 0 radical (unpaired) electrons. The van der Waals surface area contributed by atoms with Crippen LogP contribution in [0, 0.1) is 0 Å². The summed E-state index contributed by atoms with van der Waals surface area (Å²) in [7, 11) is 1.69. The van der Waals surface area contributed by atoms with Crippen LogP contribution in [0.2, 0.25) is 0 Å². The first-order chi connectivity index (χ1) is 12.8. The first kappa shape index (κ1) is 16.5. The molecule has 0 amide bonds. The number of benzene rings is 2. The van der Waals surface area contributed by atoms with Crippen LogP contribution >= 0.6 is 11.3 Å². The topological polar surface area (TPSA) is 47.0 Å². The van der Waals surface area contributed by atoms with Gasteiger partial charge >= 0.3 is 0 Å². The second-order valence-corrected chi connectivity index (χ2v) is 6.87. The number of methoxy groups -OCH3 is 1. The number of anilines is 1. The Kier molecular flexibility index (Phi) is 4.80. The average molecular weight is 361 g/mol. The molecule has 0 atom stereocenters. The minimum Gasteiger partial charge on any atom is -0.497 e. The summed E-state index contributed by atoms with van der Waals surface area (Å²) < 4.78 is 5.29. The molecule has 0 bridgehead atoms. The summed E-state index contributed by atoms with van der Waals surface area (Å²) in [6, 6.07) is 20.3. The number of hydrogen-bond acceptors (Lipinski definition) is 5. The molecule has 0 unspecified atom stereocenters. The summed E-state index contributed by atoms with van der Waals surface area (Å²) in [6.07, 6.45) is 0.893. The number of hydrogen-bond donors (Lipinski definition) is 1. The number of nitrogens with zero attached hydrogens (tertiary/aromatic N) is 2. The molecule has 0 spiro atoms.